The molecule has 0 aliphatic heterocycles. The molecule has 2 nitrogen and oxygen atoms in total. The lowest BCUT2D eigenvalue weighted by molar-refractivity contribution is 0.395. The average molecular weight is 281 g/mol. The fourth-order valence-electron chi connectivity index (χ4n) is 1.63. The molecule has 0 spiro atoms. The van der Waals surface area contributed by atoms with Gasteiger partial charge in [-0.05, 0) is 48.2 Å². The fraction of sp³-hybridized carbons (Fsp3) is 0.143. The second kappa shape index (κ2) is 5.93. The minimum Gasteiger partial charge on any atom is -0.503 e. The van der Waals surface area contributed by atoms with Gasteiger partial charge in [-0.2, -0.15) is 0 Å². The standard InChI is InChI=1S/C14H13F2NOS/c1-19-11-4-2-10(3-5-11)17-8-9-6-12(15)14(18)13(16)7-9/h2-7,17-18H,8H2,1H3. The summed E-state index contributed by atoms with van der Waals surface area (Å²) in [5.74, 6) is -2.84. The summed E-state index contributed by atoms with van der Waals surface area (Å²) in [6.07, 6.45) is 1.99. The van der Waals surface area contributed by atoms with Gasteiger partial charge in [-0.1, -0.05) is 0 Å². The molecule has 0 unspecified atom stereocenters. The molecule has 0 amide bonds. The summed E-state index contributed by atoms with van der Waals surface area (Å²) in [4.78, 5) is 1.15. The highest BCUT2D eigenvalue weighted by Gasteiger charge is 2.09. The lowest BCUT2D eigenvalue weighted by Crippen LogP contribution is -2.00. The zero-order valence-electron chi connectivity index (χ0n) is 10.3. The van der Waals surface area contributed by atoms with Crippen LogP contribution >= 0.6 is 11.8 Å². The molecule has 5 heteroatoms. The summed E-state index contributed by atoms with van der Waals surface area (Å²) >= 11 is 1.64. The van der Waals surface area contributed by atoms with Crippen LogP contribution in [0, 0.1) is 11.6 Å². The molecule has 2 N–H and O–H groups in total. The van der Waals surface area contributed by atoms with Crippen LogP contribution in [0.25, 0.3) is 0 Å². The number of thioether (sulfide) groups is 1. The maximum atomic E-state index is 13.1. The predicted octanol–water partition coefficient (Wildman–Crippen LogP) is 4.00. The predicted molar refractivity (Wildman–Crippen MR) is 73.6 cm³/mol. The summed E-state index contributed by atoms with van der Waals surface area (Å²) < 4.78 is 26.3. The lowest BCUT2D eigenvalue weighted by Gasteiger charge is -2.08. The summed E-state index contributed by atoms with van der Waals surface area (Å²) in [6, 6.07) is 9.96. The van der Waals surface area contributed by atoms with Crippen LogP contribution in [0.15, 0.2) is 41.3 Å². The van der Waals surface area contributed by atoms with E-state index in [0.29, 0.717) is 5.56 Å². The molecule has 0 aromatic heterocycles. The van der Waals surface area contributed by atoms with Gasteiger partial charge in [0.1, 0.15) is 0 Å². The maximum Gasteiger partial charge on any atom is 0.187 e. The second-order valence-electron chi connectivity index (χ2n) is 3.99. The van der Waals surface area contributed by atoms with Gasteiger partial charge in [0.05, 0.1) is 0 Å². The molecule has 0 bridgehead atoms. The van der Waals surface area contributed by atoms with Gasteiger partial charge in [-0.3, -0.25) is 0 Å². The highest BCUT2D eigenvalue weighted by molar-refractivity contribution is 7.98. The van der Waals surface area contributed by atoms with E-state index in [-0.39, 0.29) is 6.54 Å². The van der Waals surface area contributed by atoms with Crippen LogP contribution in [0.2, 0.25) is 0 Å². The van der Waals surface area contributed by atoms with E-state index in [1.54, 1.807) is 11.8 Å². The SMILES string of the molecule is CSc1ccc(NCc2cc(F)c(O)c(F)c2)cc1. The van der Waals surface area contributed by atoms with Crippen molar-refractivity contribution in [1.82, 2.24) is 0 Å². The molecule has 0 radical (unpaired) electrons. The zero-order chi connectivity index (χ0) is 13.8. The van der Waals surface area contributed by atoms with Gasteiger partial charge in [0, 0.05) is 17.1 Å². The highest BCUT2D eigenvalue weighted by Crippen LogP contribution is 2.22. The van der Waals surface area contributed by atoms with Gasteiger partial charge < -0.3 is 10.4 Å². The number of rotatable bonds is 4. The van der Waals surface area contributed by atoms with E-state index in [2.05, 4.69) is 5.32 Å². The number of benzene rings is 2. The van der Waals surface area contributed by atoms with Crippen LogP contribution in [0.3, 0.4) is 0 Å². The number of aromatic hydroxyl groups is 1. The van der Waals surface area contributed by atoms with Crippen molar-refractivity contribution in [3.8, 4) is 5.75 Å². The molecule has 100 valence electrons. The zero-order valence-corrected chi connectivity index (χ0v) is 11.1. The van der Waals surface area contributed by atoms with E-state index in [4.69, 9.17) is 5.11 Å². The molecular weight excluding hydrogens is 268 g/mol. The molecule has 2 aromatic rings. The van der Waals surface area contributed by atoms with E-state index in [1.807, 2.05) is 30.5 Å². The summed E-state index contributed by atoms with van der Waals surface area (Å²) in [5, 5.41) is 12.1. The van der Waals surface area contributed by atoms with Crippen LogP contribution in [-0.4, -0.2) is 11.4 Å². The fourth-order valence-corrected chi connectivity index (χ4v) is 2.04. The number of nitrogens with one attached hydrogen (secondary N) is 1. The van der Waals surface area contributed by atoms with Crippen molar-refractivity contribution in [3.63, 3.8) is 0 Å². The molecule has 0 saturated carbocycles. The first-order valence-electron chi connectivity index (χ1n) is 5.65. The minimum absolute atomic E-state index is 0.284. The van der Waals surface area contributed by atoms with Crippen molar-refractivity contribution in [2.75, 3.05) is 11.6 Å². The summed E-state index contributed by atoms with van der Waals surface area (Å²) in [5.41, 5.74) is 1.30. The Labute approximate surface area is 114 Å². The topological polar surface area (TPSA) is 32.3 Å². The number of hydrogen-bond donors (Lipinski definition) is 2. The van der Waals surface area contributed by atoms with Crippen molar-refractivity contribution in [1.29, 1.82) is 0 Å². The van der Waals surface area contributed by atoms with Crippen molar-refractivity contribution in [2.45, 2.75) is 11.4 Å². The molecule has 0 atom stereocenters. The van der Waals surface area contributed by atoms with E-state index in [9.17, 15) is 8.78 Å². The van der Waals surface area contributed by atoms with Gasteiger partial charge in [-0.15, -0.1) is 11.8 Å². The Morgan fingerprint density at radius 3 is 2.21 bits per heavy atom. The van der Waals surface area contributed by atoms with E-state index in [1.165, 1.54) is 0 Å². The monoisotopic (exact) mass is 281 g/mol. The Balaban J connectivity index is 2.05. The maximum absolute atomic E-state index is 13.1. The normalized spacial score (nSPS) is 10.5. The quantitative estimate of drug-likeness (QED) is 0.831. The molecular formula is C14H13F2NOS. The lowest BCUT2D eigenvalue weighted by atomic mass is 10.2. The third kappa shape index (κ3) is 3.38. The Bertz CT molecular complexity index is 549. The molecule has 0 heterocycles. The highest BCUT2D eigenvalue weighted by atomic mass is 32.2. The molecule has 0 aliphatic carbocycles. The Hall–Kier alpha value is -1.75. The Morgan fingerprint density at radius 2 is 1.68 bits per heavy atom. The summed E-state index contributed by atoms with van der Waals surface area (Å²) in [7, 11) is 0. The first-order valence-corrected chi connectivity index (χ1v) is 6.87. The largest absolute Gasteiger partial charge is 0.503 e. The van der Waals surface area contributed by atoms with Gasteiger partial charge in [0.15, 0.2) is 17.4 Å². The molecule has 2 rings (SSSR count). The van der Waals surface area contributed by atoms with Crippen molar-refractivity contribution < 1.29 is 13.9 Å². The first kappa shape index (κ1) is 13.7. The Morgan fingerprint density at radius 1 is 1.11 bits per heavy atom. The first-order chi connectivity index (χ1) is 9.10. The van der Waals surface area contributed by atoms with Gasteiger partial charge in [0.2, 0.25) is 0 Å². The molecule has 0 saturated heterocycles. The smallest absolute Gasteiger partial charge is 0.187 e. The van der Waals surface area contributed by atoms with Crippen LogP contribution in [0.1, 0.15) is 5.56 Å². The Kier molecular flexibility index (Phi) is 4.27. The van der Waals surface area contributed by atoms with E-state index >= 15 is 0 Å². The van der Waals surface area contributed by atoms with Crippen LogP contribution in [0.4, 0.5) is 14.5 Å². The third-order valence-electron chi connectivity index (χ3n) is 2.66. The number of halogens is 2. The van der Waals surface area contributed by atoms with E-state index in [0.717, 1.165) is 22.7 Å². The third-order valence-corrected chi connectivity index (χ3v) is 3.41. The van der Waals surface area contributed by atoms with Crippen LogP contribution in [0.5, 0.6) is 5.75 Å². The van der Waals surface area contributed by atoms with E-state index < -0.39 is 17.4 Å². The van der Waals surface area contributed by atoms with Crippen LogP contribution < -0.4 is 5.32 Å². The van der Waals surface area contributed by atoms with Gasteiger partial charge in [0.25, 0.3) is 0 Å². The van der Waals surface area contributed by atoms with Crippen LogP contribution in [-0.2, 0) is 6.54 Å². The molecule has 0 fully saturated rings. The van der Waals surface area contributed by atoms with Gasteiger partial charge in [-0.25, -0.2) is 8.78 Å². The average Bonchev–Trinajstić information content (AvgIpc) is 2.43. The second-order valence-corrected chi connectivity index (χ2v) is 4.87. The molecule has 0 aliphatic rings. The van der Waals surface area contributed by atoms with Crippen molar-refractivity contribution in [3.05, 3.63) is 53.6 Å². The van der Waals surface area contributed by atoms with Crippen molar-refractivity contribution >= 4 is 17.4 Å². The minimum atomic E-state index is -0.950. The number of phenolic OH excluding ortho intramolecular Hbond substituents is 1. The van der Waals surface area contributed by atoms with Crippen molar-refractivity contribution in [2.24, 2.45) is 0 Å². The summed E-state index contributed by atoms with van der Waals surface area (Å²) in [6.45, 7) is 0.284. The number of hydrogen-bond acceptors (Lipinski definition) is 3. The molecule has 19 heavy (non-hydrogen) atoms. The number of phenols is 1. The molecule has 2 aromatic carbocycles. The number of anilines is 1. The van der Waals surface area contributed by atoms with Gasteiger partial charge >= 0.3 is 0 Å².